The molecule has 2 amide bonds. The van der Waals surface area contributed by atoms with E-state index in [1.54, 1.807) is 18.2 Å². The molecule has 1 aromatic carbocycles. The van der Waals surface area contributed by atoms with Crippen LogP contribution in [0.2, 0.25) is 0 Å². The highest BCUT2D eigenvalue weighted by molar-refractivity contribution is 6.04. The number of ether oxygens (including phenoxy) is 2. The van der Waals surface area contributed by atoms with Crippen molar-refractivity contribution in [1.82, 2.24) is 10.2 Å². The van der Waals surface area contributed by atoms with Crippen LogP contribution < -0.4 is 10.2 Å². The molecule has 1 fully saturated rings. The molecule has 1 aliphatic rings. The topological polar surface area (TPSA) is 125 Å². The monoisotopic (exact) mass is 477 g/mol. The summed E-state index contributed by atoms with van der Waals surface area (Å²) in [6.07, 6.45) is 3.14. The van der Waals surface area contributed by atoms with Crippen LogP contribution in [0.4, 0.5) is 5.69 Å². The minimum Gasteiger partial charge on any atom is -0.396 e. The minimum atomic E-state index is -0.819. The zero-order valence-electron chi connectivity index (χ0n) is 19.9. The highest BCUT2D eigenvalue weighted by Gasteiger charge is 2.31. The molecule has 0 radical (unpaired) electrons. The second-order valence-electron chi connectivity index (χ2n) is 8.12. The smallest absolute Gasteiger partial charge is 0.255 e. The van der Waals surface area contributed by atoms with E-state index in [1.165, 1.54) is 19.0 Å². The number of carbonyl (C=O) groups excluding carboxylic acids is 4. The van der Waals surface area contributed by atoms with Crippen molar-refractivity contribution >= 4 is 30.1 Å². The highest BCUT2D eigenvalue weighted by Crippen LogP contribution is 2.26. The number of aldehydes is 2. The summed E-state index contributed by atoms with van der Waals surface area (Å²) in [4.78, 5) is 51.2. The van der Waals surface area contributed by atoms with E-state index < -0.39 is 11.9 Å². The molecule has 2 rings (SSSR count). The van der Waals surface area contributed by atoms with E-state index in [1.807, 2.05) is 0 Å². The Morgan fingerprint density at radius 2 is 1.97 bits per heavy atom. The molecule has 1 heterocycles. The van der Waals surface area contributed by atoms with E-state index in [2.05, 4.69) is 10.2 Å². The number of hydrogen-bond donors (Lipinski definition) is 2. The van der Waals surface area contributed by atoms with Crippen LogP contribution in [0, 0.1) is 0 Å². The molecule has 188 valence electrons. The Kier molecular flexibility index (Phi) is 11.7. The summed E-state index contributed by atoms with van der Waals surface area (Å²) >= 11 is 0. The summed E-state index contributed by atoms with van der Waals surface area (Å²) in [5.41, 5.74) is 1.24. The standard InChI is InChI=1S/C24H35N3O7/c1-25-23(31)22(6-3-9-28)26(2)24(32)21-14-19(8-7-18(21)17-30)27-15-20(16-27)34-13-5-12-33-11-4-10-29/h7-9,14,17,20,22,29H,3-6,10-13,15-16H2,1-2H3,(H,25,31). The number of rotatable bonds is 16. The molecule has 0 spiro atoms. The van der Waals surface area contributed by atoms with Gasteiger partial charge >= 0.3 is 0 Å². The van der Waals surface area contributed by atoms with Gasteiger partial charge in [0.2, 0.25) is 5.91 Å². The van der Waals surface area contributed by atoms with Gasteiger partial charge in [0, 0.05) is 71.3 Å². The largest absolute Gasteiger partial charge is 0.396 e. The van der Waals surface area contributed by atoms with Crippen molar-refractivity contribution in [2.45, 2.75) is 37.8 Å². The number of aliphatic hydroxyl groups is 1. The summed E-state index contributed by atoms with van der Waals surface area (Å²) in [5, 5.41) is 11.2. The summed E-state index contributed by atoms with van der Waals surface area (Å²) in [6.45, 7) is 3.16. The zero-order valence-corrected chi connectivity index (χ0v) is 19.9. The molecule has 10 nitrogen and oxygen atoms in total. The Bertz CT molecular complexity index is 827. The summed E-state index contributed by atoms with van der Waals surface area (Å²) in [7, 11) is 2.97. The van der Waals surface area contributed by atoms with Crippen molar-refractivity contribution in [2.24, 2.45) is 0 Å². The van der Waals surface area contributed by atoms with Crippen LogP contribution in [-0.2, 0) is 19.1 Å². The van der Waals surface area contributed by atoms with Crippen LogP contribution in [0.15, 0.2) is 18.2 Å². The third kappa shape index (κ3) is 7.61. The van der Waals surface area contributed by atoms with Gasteiger partial charge in [-0.3, -0.25) is 14.4 Å². The Hall–Kier alpha value is -2.82. The lowest BCUT2D eigenvalue weighted by Gasteiger charge is -2.41. The Labute approximate surface area is 200 Å². The molecule has 1 aromatic rings. The second kappa shape index (κ2) is 14.4. The number of amides is 2. The normalized spacial score (nSPS) is 14.3. The van der Waals surface area contributed by atoms with Crippen molar-refractivity contribution in [1.29, 1.82) is 0 Å². The maximum atomic E-state index is 13.2. The van der Waals surface area contributed by atoms with Gasteiger partial charge in [-0.15, -0.1) is 0 Å². The van der Waals surface area contributed by atoms with E-state index in [0.29, 0.717) is 51.9 Å². The third-order valence-electron chi connectivity index (χ3n) is 5.74. The molecule has 34 heavy (non-hydrogen) atoms. The van der Waals surface area contributed by atoms with Crippen LogP contribution in [0.5, 0.6) is 0 Å². The fraction of sp³-hybridized carbons (Fsp3) is 0.583. The van der Waals surface area contributed by atoms with Gasteiger partial charge in [-0.1, -0.05) is 0 Å². The molecule has 0 bridgehead atoms. The fourth-order valence-electron chi connectivity index (χ4n) is 3.69. The quantitative estimate of drug-likeness (QED) is 0.263. The molecule has 0 aliphatic carbocycles. The molecule has 10 heteroatoms. The number of likely N-dealkylation sites (N-methyl/N-ethyl adjacent to an activating group) is 2. The van der Waals surface area contributed by atoms with Crippen molar-refractivity contribution in [3.05, 3.63) is 29.3 Å². The van der Waals surface area contributed by atoms with Crippen molar-refractivity contribution < 1.29 is 33.8 Å². The Morgan fingerprint density at radius 1 is 1.24 bits per heavy atom. The van der Waals surface area contributed by atoms with Crippen molar-refractivity contribution in [3.63, 3.8) is 0 Å². The molecule has 1 aliphatic heterocycles. The van der Waals surface area contributed by atoms with Gasteiger partial charge in [0.05, 0.1) is 11.7 Å². The zero-order chi connectivity index (χ0) is 24.9. The van der Waals surface area contributed by atoms with Crippen molar-refractivity contribution in [2.75, 3.05) is 58.5 Å². The summed E-state index contributed by atoms with van der Waals surface area (Å²) in [6, 6.07) is 4.23. The summed E-state index contributed by atoms with van der Waals surface area (Å²) in [5.74, 6) is -0.832. The second-order valence-corrected chi connectivity index (χ2v) is 8.12. The average molecular weight is 478 g/mol. The van der Waals surface area contributed by atoms with Gasteiger partial charge in [-0.25, -0.2) is 0 Å². The average Bonchev–Trinajstić information content (AvgIpc) is 2.83. The highest BCUT2D eigenvalue weighted by atomic mass is 16.5. The molecule has 0 saturated carbocycles. The lowest BCUT2D eigenvalue weighted by Crippen LogP contribution is -2.52. The SMILES string of the molecule is CNC(=O)C(CCC=O)N(C)C(=O)c1cc(N2CC(OCCCOCCCO)C2)ccc1C=O. The Morgan fingerprint density at radius 3 is 2.62 bits per heavy atom. The minimum absolute atomic E-state index is 0.0750. The van der Waals surface area contributed by atoms with Gasteiger partial charge in [0.15, 0.2) is 6.29 Å². The number of nitrogens with one attached hydrogen (secondary N) is 1. The first-order valence-electron chi connectivity index (χ1n) is 11.5. The van der Waals surface area contributed by atoms with Crippen LogP contribution in [0.3, 0.4) is 0 Å². The van der Waals surface area contributed by atoms with Crippen molar-refractivity contribution in [3.8, 4) is 0 Å². The van der Waals surface area contributed by atoms with E-state index in [0.717, 1.165) is 12.1 Å². The van der Waals surface area contributed by atoms with Gasteiger partial charge in [0.1, 0.15) is 12.3 Å². The van der Waals surface area contributed by atoms with Crippen LogP contribution in [-0.4, -0.2) is 100 Å². The number of hydrogen-bond acceptors (Lipinski definition) is 8. The predicted octanol–water partition coefficient (Wildman–Crippen LogP) is 0.659. The number of carbonyl (C=O) groups is 4. The number of benzene rings is 1. The molecule has 2 N–H and O–H groups in total. The van der Waals surface area contributed by atoms with E-state index in [9.17, 15) is 19.2 Å². The molecule has 1 atom stereocenters. The van der Waals surface area contributed by atoms with Gasteiger partial charge in [-0.2, -0.15) is 0 Å². The summed E-state index contributed by atoms with van der Waals surface area (Å²) < 4.78 is 11.2. The number of anilines is 1. The molecular weight excluding hydrogens is 442 g/mol. The van der Waals surface area contributed by atoms with E-state index >= 15 is 0 Å². The maximum absolute atomic E-state index is 13.2. The molecule has 1 unspecified atom stereocenters. The number of aliphatic hydroxyl groups excluding tert-OH is 1. The first-order valence-corrected chi connectivity index (χ1v) is 11.5. The van der Waals surface area contributed by atoms with Gasteiger partial charge in [0.25, 0.3) is 5.91 Å². The number of nitrogens with zero attached hydrogens (tertiary/aromatic N) is 2. The van der Waals surface area contributed by atoms with Gasteiger partial charge < -0.3 is 34.5 Å². The lowest BCUT2D eigenvalue weighted by atomic mass is 10.0. The lowest BCUT2D eigenvalue weighted by molar-refractivity contribution is -0.125. The van der Waals surface area contributed by atoms with E-state index in [-0.39, 0.29) is 42.6 Å². The van der Waals surface area contributed by atoms with Crippen LogP contribution >= 0.6 is 0 Å². The van der Waals surface area contributed by atoms with Crippen LogP contribution in [0.1, 0.15) is 46.4 Å². The third-order valence-corrected chi connectivity index (χ3v) is 5.74. The maximum Gasteiger partial charge on any atom is 0.255 e. The fourth-order valence-corrected chi connectivity index (χ4v) is 3.69. The van der Waals surface area contributed by atoms with E-state index in [4.69, 9.17) is 14.6 Å². The predicted molar refractivity (Wildman–Crippen MR) is 126 cm³/mol. The first-order chi connectivity index (χ1) is 16.5. The first kappa shape index (κ1) is 27.4. The molecular formula is C24H35N3O7. The van der Waals surface area contributed by atoms with Gasteiger partial charge in [-0.05, 0) is 37.5 Å². The molecule has 0 aromatic heterocycles. The Balaban J connectivity index is 1.97. The van der Waals surface area contributed by atoms with Crippen LogP contribution in [0.25, 0.3) is 0 Å². The molecule has 1 saturated heterocycles.